The fourth-order valence-electron chi connectivity index (χ4n) is 3.74. The van der Waals surface area contributed by atoms with E-state index in [2.05, 4.69) is 28.2 Å². The van der Waals surface area contributed by atoms with Crippen molar-refractivity contribution in [2.45, 2.75) is 6.42 Å². The van der Waals surface area contributed by atoms with E-state index >= 15 is 0 Å². The standard InChI is InChI=1S/C22H18N4OS/c1-26-8-7-14-9-13(5-6-17(14)22(26)27)18-10-15(11-24-21(18)23)16-3-2-4-19-20(16)28-12-25-19/h2-6,9-12H,7-8H2,1H3,(H2,23,24). The molecule has 2 N–H and O–H groups in total. The van der Waals surface area contributed by atoms with Crippen LogP contribution in [0.5, 0.6) is 0 Å². The van der Waals surface area contributed by atoms with Crippen LogP contribution in [0, 0.1) is 0 Å². The van der Waals surface area contributed by atoms with Gasteiger partial charge >= 0.3 is 0 Å². The van der Waals surface area contributed by atoms with Crippen LogP contribution in [-0.4, -0.2) is 34.4 Å². The summed E-state index contributed by atoms with van der Waals surface area (Å²) in [7, 11) is 1.84. The van der Waals surface area contributed by atoms with Crippen LogP contribution in [0.2, 0.25) is 0 Å². The van der Waals surface area contributed by atoms with Gasteiger partial charge in [0.2, 0.25) is 0 Å². The van der Waals surface area contributed by atoms with Crippen molar-refractivity contribution in [3.05, 3.63) is 65.3 Å². The van der Waals surface area contributed by atoms with Crippen molar-refractivity contribution in [3.8, 4) is 22.3 Å². The van der Waals surface area contributed by atoms with Crippen molar-refractivity contribution in [3.63, 3.8) is 0 Å². The Morgan fingerprint density at radius 3 is 2.82 bits per heavy atom. The molecule has 3 heterocycles. The summed E-state index contributed by atoms with van der Waals surface area (Å²) in [6.45, 7) is 0.733. The Balaban J connectivity index is 1.63. The molecule has 0 radical (unpaired) electrons. The minimum atomic E-state index is 0.0736. The fraction of sp³-hybridized carbons (Fsp3) is 0.136. The van der Waals surface area contributed by atoms with Crippen LogP contribution in [0.4, 0.5) is 5.82 Å². The third kappa shape index (κ3) is 2.65. The maximum atomic E-state index is 12.4. The van der Waals surface area contributed by atoms with E-state index in [0.717, 1.165) is 56.6 Å². The van der Waals surface area contributed by atoms with E-state index in [1.165, 1.54) is 0 Å². The average molecular weight is 386 g/mol. The number of benzene rings is 2. The molecule has 0 spiro atoms. The zero-order valence-corrected chi connectivity index (χ0v) is 16.2. The van der Waals surface area contributed by atoms with Crippen molar-refractivity contribution in [1.82, 2.24) is 14.9 Å². The molecule has 0 saturated carbocycles. The summed E-state index contributed by atoms with van der Waals surface area (Å²) in [5, 5.41) is 0. The lowest BCUT2D eigenvalue weighted by atomic mass is 9.93. The van der Waals surface area contributed by atoms with Gasteiger partial charge in [0.25, 0.3) is 5.91 Å². The smallest absolute Gasteiger partial charge is 0.253 e. The molecule has 0 saturated heterocycles. The molecule has 0 fully saturated rings. The number of nitrogens with two attached hydrogens (primary N) is 1. The second kappa shape index (κ2) is 6.42. The molecule has 0 unspecified atom stereocenters. The number of likely N-dealkylation sites (N-methyl/N-ethyl adjacent to an activating group) is 1. The molecule has 28 heavy (non-hydrogen) atoms. The first-order valence-corrected chi connectivity index (χ1v) is 9.96. The monoisotopic (exact) mass is 386 g/mol. The van der Waals surface area contributed by atoms with Crippen LogP contribution in [-0.2, 0) is 6.42 Å². The number of pyridine rings is 1. The van der Waals surface area contributed by atoms with Gasteiger partial charge in [-0.3, -0.25) is 4.79 Å². The van der Waals surface area contributed by atoms with E-state index in [1.807, 2.05) is 43.0 Å². The topological polar surface area (TPSA) is 72.1 Å². The highest BCUT2D eigenvalue weighted by atomic mass is 32.1. The predicted molar refractivity (Wildman–Crippen MR) is 113 cm³/mol. The number of anilines is 1. The third-order valence-electron chi connectivity index (χ3n) is 5.30. The molecule has 0 bridgehead atoms. The van der Waals surface area contributed by atoms with Gasteiger partial charge < -0.3 is 10.6 Å². The molecule has 0 atom stereocenters. The Bertz CT molecular complexity index is 1230. The molecule has 5 rings (SSSR count). The number of carbonyl (C=O) groups excluding carboxylic acids is 1. The van der Waals surface area contributed by atoms with Gasteiger partial charge in [0.1, 0.15) is 5.82 Å². The Hall–Kier alpha value is -3.25. The maximum Gasteiger partial charge on any atom is 0.253 e. The number of fused-ring (bicyclic) bond motifs is 2. The quantitative estimate of drug-likeness (QED) is 0.559. The lowest BCUT2D eigenvalue weighted by Crippen LogP contribution is -2.34. The van der Waals surface area contributed by atoms with Gasteiger partial charge in [-0.05, 0) is 35.7 Å². The van der Waals surface area contributed by atoms with Crippen LogP contribution < -0.4 is 5.73 Å². The highest BCUT2D eigenvalue weighted by molar-refractivity contribution is 7.17. The first-order valence-electron chi connectivity index (χ1n) is 9.08. The molecule has 2 aromatic carbocycles. The van der Waals surface area contributed by atoms with E-state index in [0.29, 0.717) is 5.82 Å². The normalized spacial score (nSPS) is 13.8. The number of nitrogens with zero attached hydrogens (tertiary/aromatic N) is 3. The summed E-state index contributed by atoms with van der Waals surface area (Å²) in [5.74, 6) is 0.559. The van der Waals surface area contributed by atoms with Gasteiger partial charge in [0, 0.05) is 42.0 Å². The summed E-state index contributed by atoms with van der Waals surface area (Å²) >= 11 is 1.62. The third-order valence-corrected chi connectivity index (χ3v) is 6.17. The summed E-state index contributed by atoms with van der Waals surface area (Å²) < 4.78 is 1.14. The van der Waals surface area contributed by atoms with Gasteiger partial charge in [-0.2, -0.15) is 0 Å². The Kier molecular flexibility index (Phi) is 3.87. The Morgan fingerprint density at radius 1 is 1.04 bits per heavy atom. The van der Waals surface area contributed by atoms with Gasteiger partial charge in [0.05, 0.1) is 15.7 Å². The molecular formula is C22H18N4OS. The number of rotatable bonds is 2. The summed E-state index contributed by atoms with van der Waals surface area (Å²) in [6, 6.07) is 14.1. The van der Waals surface area contributed by atoms with Crippen molar-refractivity contribution in [1.29, 1.82) is 0 Å². The van der Waals surface area contributed by atoms with Crippen molar-refractivity contribution < 1.29 is 4.79 Å². The van der Waals surface area contributed by atoms with E-state index < -0.39 is 0 Å². The van der Waals surface area contributed by atoms with E-state index in [9.17, 15) is 4.79 Å². The maximum absolute atomic E-state index is 12.4. The minimum Gasteiger partial charge on any atom is -0.383 e. The van der Waals surface area contributed by atoms with Crippen LogP contribution >= 0.6 is 11.3 Å². The van der Waals surface area contributed by atoms with E-state index in [1.54, 1.807) is 16.2 Å². The molecule has 1 amide bonds. The second-order valence-electron chi connectivity index (χ2n) is 7.01. The highest BCUT2D eigenvalue weighted by Gasteiger charge is 2.22. The Labute approximate surface area is 166 Å². The molecular weight excluding hydrogens is 368 g/mol. The van der Waals surface area contributed by atoms with Gasteiger partial charge in [-0.25, -0.2) is 9.97 Å². The van der Waals surface area contributed by atoms with Crippen LogP contribution in [0.1, 0.15) is 15.9 Å². The number of aromatic nitrogens is 2. The van der Waals surface area contributed by atoms with Crippen LogP contribution in [0.15, 0.2) is 54.2 Å². The Morgan fingerprint density at radius 2 is 1.93 bits per heavy atom. The fourth-order valence-corrected chi connectivity index (χ4v) is 4.57. The largest absolute Gasteiger partial charge is 0.383 e. The lowest BCUT2D eigenvalue weighted by molar-refractivity contribution is 0.0781. The van der Waals surface area contributed by atoms with Crippen LogP contribution in [0.3, 0.4) is 0 Å². The molecule has 138 valence electrons. The number of nitrogen functional groups attached to an aromatic ring is 1. The lowest BCUT2D eigenvalue weighted by Gasteiger charge is -2.25. The average Bonchev–Trinajstić information content (AvgIpc) is 3.20. The van der Waals surface area contributed by atoms with E-state index in [-0.39, 0.29) is 5.91 Å². The number of hydrogen-bond acceptors (Lipinski definition) is 5. The zero-order valence-electron chi connectivity index (χ0n) is 15.3. The first-order chi connectivity index (χ1) is 13.6. The highest BCUT2D eigenvalue weighted by Crippen LogP contribution is 2.35. The minimum absolute atomic E-state index is 0.0736. The van der Waals surface area contributed by atoms with Crippen LogP contribution in [0.25, 0.3) is 32.5 Å². The molecule has 4 aromatic rings. The van der Waals surface area contributed by atoms with Crippen molar-refractivity contribution in [2.75, 3.05) is 19.3 Å². The molecule has 5 nitrogen and oxygen atoms in total. The number of amides is 1. The summed E-state index contributed by atoms with van der Waals surface area (Å²) in [4.78, 5) is 23.0. The van der Waals surface area contributed by atoms with Gasteiger partial charge in [-0.15, -0.1) is 11.3 Å². The predicted octanol–water partition coefficient (Wildman–Crippen LogP) is 4.24. The molecule has 1 aliphatic rings. The summed E-state index contributed by atoms with van der Waals surface area (Å²) in [5.41, 5.74) is 14.9. The van der Waals surface area contributed by atoms with Gasteiger partial charge in [0.15, 0.2) is 0 Å². The van der Waals surface area contributed by atoms with Crippen molar-refractivity contribution >= 4 is 33.3 Å². The molecule has 2 aromatic heterocycles. The SMILES string of the molecule is CN1CCc2cc(-c3cc(-c4cccc5ncsc45)cnc3N)ccc2C1=O. The molecule has 1 aliphatic heterocycles. The first kappa shape index (κ1) is 16.9. The summed E-state index contributed by atoms with van der Waals surface area (Å²) in [6.07, 6.45) is 2.66. The van der Waals surface area contributed by atoms with Gasteiger partial charge in [-0.1, -0.05) is 24.3 Å². The number of thiazole rings is 1. The van der Waals surface area contributed by atoms with Crippen molar-refractivity contribution in [2.24, 2.45) is 0 Å². The van der Waals surface area contributed by atoms with E-state index in [4.69, 9.17) is 5.73 Å². The second-order valence-corrected chi connectivity index (χ2v) is 7.87. The number of hydrogen-bond donors (Lipinski definition) is 1. The molecule has 0 aliphatic carbocycles. The zero-order chi connectivity index (χ0) is 19.3. The molecule has 6 heteroatoms. The number of carbonyl (C=O) groups is 1.